The fourth-order valence-corrected chi connectivity index (χ4v) is 2.55. The van der Waals surface area contributed by atoms with Gasteiger partial charge >= 0.3 is 0 Å². The van der Waals surface area contributed by atoms with Crippen molar-refractivity contribution in [1.82, 2.24) is 4.98 Å². The topological polar surface area (TPSA) is 114 Å². The summed E-state index contributed by atoms with van der Waals surface area (Å²) in [6.45, 7) is 8.79. The van der Waals surface area contributed by atoms with Crippen LogP contribution in [-0.4, -0.2) is 44.2 Å². The largest absolute Gasteiger partial charge is 0.488 e. The summed E-state index contributed by atoms with van der Waals surface area (Å²) in [5.41, 5.74) is 8.02. The molecular weight excluding hydrogens is 400 g/mol. The van der Waals surface area contributed by atoms with Crippen molar-refractivity contribution < 1.29 is 23.4 Å². The number of hydrogen-bond acceptors (Lipinski definition) is 8. The van der Waals surface area contributed by atoms with Crippen molar-refractivity contribution >= 4 is 5.78 Å². The number of nitrogens with two attached hydrogens (primary N) is 1. The van der Waals surface area contributed by atoms with Crippen LogP contribution >= 0.6 is 0 Å². The highest BCUT2D eigenvalue weighted by atomic mass is 16.5. The molecule has 0 aromatic carbocycles. The average Bonchev–Trinajstić information content (AvgIpc) is 2.73. The van der Waals surface area contributed by atoms with Crippen molar-refractivity contribution in [3.8, 4) is 11.6 Å². The molecule has 2 aromatic heterocycles. The number of ketones is 1. The Balaban J connectivity index is 0.000000399. The molecule has 2 heterocycles. The number of aryl methyl sites for hydroxylation is 1. The van der Waals surface area contributed by atoms with Gasteiger partial charge in [0.2, 0.25) is 0 Å². The summed E-state index contributed by atoms with van der Waals surface area (Å²) in [6, 6.07) is 3.33. The highest BCUT2D eigenvalue weighted by Gasteiger charge is 2.15. The van der Waals surface area contributed by atoms with E-state index in [-0.39, 0.29) is 22.8 Å². The number of ether oxygens (including phenoxy) is 3. The second-order valence-corrected chi connectivity index (χ2v) is 7.44. The molecule has 0 aliphatic carbocycles. The summed E-state index contributed by atoms with van der Waals surface area (Å²) in [4.78, 5) is 25.9. The molecule has 8 nitrogen and oxygen atoms in total. The minimum Gasteiger partial charge on any atom is -0.488 e. The maximum absolute atomic E-state index is 10.8. The molecule has 1 atom stereocenters. The number of carbonyl (C=O) groups excluding carboxylic acids is 1. The summed E-state index contributed by atoms with van der Waals surface area (Å²) in [5, 5.41) is 0. The SMILES string of the molecule is CC(=O)c1coccc1=O.COCCCOc1cc(C[C@H](N)C(C)C)c(C)nc1OC. The molecule has 2 aromatic rings. The van der Waals surface area contributed by atoms with Crippen molar-refractivity contribution in [3.05, 3.63) is 51.7 Å². The van der Waals surface area contributed by atoms with Gasteiger partial charge in [0.25, 0.3) is 5.88 Å². The molecule has 8 heteroatoms. The van der Waals surface area contributed by atoms with Crippen LogP contribution in [-0.2, 0) is 11.2 Å². The lowest BCUT2D eigenvalue weighted by atomic mass is 9.96. The Labute approximate surface area is 183 Å². The van der Waals surface area contributed by atoms with E-state index in [1.807, 2.05) is 13.0 Å². The lowest BCUT2D eigenvalue weighted by molar-refractivity contribution is 0.101. The van der Waals surface area contributed by atoms with Gasteiger partial charge in [0, 0.05) is 37.9 Å². The van der Waals surface area contributed by atoms with Crippen LogP contribution in [0.3, 0.4) is 0 Å². The molecule has 172 valence electrons. The molecule has 0 saturated heterocycles. The van der Waals surface area contributed by atoms with Gasteiger partial charge in [-0.05, 0) is 37.8 Å². The van der Waals surface area contributed by atoms with Gasteiger partial charge in [0.1, 0.15) is 6.26 Å². The molecular formula is C23H34N2O6. The molecule has 0 unspecified atom stereocenters. The molecule has 2 N–H and O–H groups in total. The summed E-state index contributed by atoms with van der Waals surface area (Å²) in [6.07, 6.45) is 4.02. The maximum atomic E-state index is 10.8. The van der Waals surface area contributed by atoms with E-state index in [0.29, 0.717) is 30.8 Å². The molecule has 0 bridgehead atoms. The van der Waals surface area contributed by atoms with Crippen LogP contribution in [0, 0.1) is 12.8 Å². The lowest BCUT2D eigenvalue weighted by Gasteiger charge is -2.18. The number of aromatic nitrogens is 1. The van der Waals surface area contributed by atoms with Gasteiger partial charge in [-0.2, -0.15) is 0 Å². The van der Waals surface area contributed by atoms with Gasteiger partial charge in [0.15, 0.2) is 17.0 Å². The maximum Gasteiger partial charge on any atom is 0.256 e. The number of nitrogens with zero attached hydrogens (tertiary/aromatic N) is 1. The first kappa shape index (κ1) is 26.3. The minimum atomic E-state index is -0.293. The number of methoxy groups -OCH3 is 2. The van der Waals surface area contributed by atoms with Crippen LogP contribution in [0.15, 0.2) is 33.9 Å². The third-order valence-electron chi connectivity index (χ3n) is 4.63. The standard InChI is InChI=1S/C16H28N2O3.C7H6O3/c1-11(2)14(17)9-13-10-15(21-8-6-7-19-4)16(20-5)18-12(13)3;1-5(8)6-4-10-3-2-7(6)9/h10-11,14H,6-9,17H2,1-5H3;2-4H,1H3/t14-;/m0./s1. The zero-order chi connectivity index (χ0) is 23.4. The second-order valence-electron chi connectivity index (χ2n) is 7.44. The van der Waals surface area contributed by atoms with Gasteiger partial charge in [0.05, 0.1) is 25.5 Å². The molecule has 0 spiro atoms. The molecule has 2 rings (SSSR count). The number of carbonyl (C=O) groups is 1. The van der Waals surface area contributed by atoms with Crippen LogP contribution in [0.25, 0.3) is 0 Å². The van der Waals surface area contributed by atoms with E-state index < -0.39 is 0 Å². The van der Waals surface area contributed by atoms with Crippen molar-refractivity contribution in [2.75, 3.05) is 27.4 Å². The number of Topliss-reactive ketones (excluding diaryl/α,β-unsaturated/α-hetero) is 1. The molecule has 0 aliphatic rings. The van der Waals surface area contributed by atoms with E-state index in [9.17, 15) is 9.59 Å². The predicted molar refractivity (Wildman–Crippen MR) is 119 cm³/mol. The Morgan fingerprint density at radius 3 is 2.48 bits per heavy atom. The monoisotopic (exact) mass is 434 g/mol. The van der Waals surface area contributed by atoms with Gasteiger partial charge in [-0.15, -0.1) is 0 Å². The Morgan fingerprint density at radius 1 is 1.26 bits per heavy atom. The zero-order valence-corrected chi connectivity index (χ0v) is 19.3. The molecule has 0 saturated carbocycles. The third kappa shape index (κ3) is 8.90. The van der Waals surface area contributed by atoms with E-state index in [1.165, 1.54) is 19.3 Å². The van der Waals surface area contributed by atoms with E-state index >= 15 is 0 Å². The second kappa shape index (κ2) is 13.6. The van der Waals surface area contributed by atoms with Crippen LogP contribution in [0.2, 0.25) is 0 Å². The Hall–Kier alpha value is -2.71. The first-order chi connectivity index (χ1) is 14.7. The quantitative estimate of drug-likeness (QED) is 0.448. The summed E-state index contributed by atoms with van der Waals surface area (Å²) < 4.78 is 20.7. The number of hydrogen-bond donors (Lipinski definition) is 1. The fraction of sp³-hybridized carbons (Fsp3) is 0.522. The van der Waals surface area contributed by atoms with Crippen molar-refractivity contribution in [2.45, 2.75) is 46.6 Å². The average molecular weight is 435 g/mol. The molecule has 0 fully saturated rings. The van der Waals surface area contributed by atoms with E-state index in [2.05, 4.69) is 23.2 Å². The Kier molecular flexibility index (Phi) is 11.5. The van der Waals surface area contributed by atoms with Crippen LogP contribution in [0.5, 0.6) is 11.6 Å². The van der Waals surface area contributed by atoms with E-state index in [1.54, 1.807) is 14.2 Å². The van der Waals surface area contributed by atoms with E-state index in [0.717, 1.165) is 30.4 Å². The first-order valence-corrected chi connectivity index (χ1v) is 10.2. The normalized spacial score (nSPS) is 11.5. The first-order valence-electron chi connectivity index (χ1n) is 10.2. The number of rotatable bonds is 10. The predicted octanol–water partition coefficient (Wildman–Crippen LogP) is 3.18. The van der Waals surface area contributed by atoms with Gasteiger partial charge in [-0.3, -0.25) is 9.59 Å². The molecule has 0 radical (unpaired) electrons. The molecule has 0 amide bonds. The van der Waals surface area contributed by atoms with Crippen LogP contribution in [0.1, 0.15) is 48.8 Å². The zero-order valence-electron chi connectivity index (χ0n) is 19.3. The molecule has 31 heavy (non-hydrogen) atoms. The van der Waals surface area contributed by atoms with Crippen LogP contribution in [0.4, 0.5) is 0 Å². The number of pyridine rings is 1. The third-order valence-corrected chi connectivity index (χ3v) is 4.63. The highest BCUT2D eigenvalue weighted by molar-refractivity contribution is 5.93. The summed E-state index contributed by atoms with van der Waals surface area (Å²) in [7, 11) is 3.28. The minimum absolute atomic E-state index is 0.0995. The smallest absolute Gasteiger partial charge is 0.256 e. The van der Waals surface area contributed by atoms with Gasteiger partial charge in [-0.25, -0.2) is 4.98 Å². The lowest BCUT2D eigenvalue weighted by Crippen LogP contribution is -2.29. The summed E-state index contributed by atoms with van der Waals surface area (Å²) >= 11 is 0. The Bertz CT molecular complexity index is 879. The fourth-order valence-electron chi connectivity index (χ4n) is 2.55. The van der Waals surface area contributed by atoms with Crippen molar-refractivity contribution in [2.24, 2.45) is 11.7 Å². The van der Waals surface area contributed by atoms with E-state index in [4.69, 9.17) is 19.9 Å². The van der Waals surface area contributed by atoms with Gasteiger partial charge < -0.3 is 24.4 Å². The Morgan fingerprint density at radius 2 is 1.97 bits per heavy atom. The van der Waals surface area contributed by atoms with Crippen molar-refractivity contribution in [3.63, 3.8) is 0 Å². The molecule has 0 aliphatic heterocycles. The van der Waals surface area contributed by atoms with Crippen LogP contribution < -0.4 is 20.6 Å². The van der Waals surface area contributed by atoms with Gasteiger partial charge in [-0.1, -0.05) is 13.8 Å². The van der Waals surface area contributed by atoms with Crippen molar-refractivity contribution in [1.29, 1.82) is 0 Å². The highest BCUT2D eigenvalue weighted by Crippen LogP contribution is 2.28. The summed E-state index contributed by atoms with van der Waals surface area (Å²) in [5.74, 6) is 1.35.